The molecule has 2 fully saturated rings. The van der Waals surface area contributed by atoms with Crippen LogP contribution in [0.3, 0.4) is 0 Å². The van der Waals surface area contributed by atoms with Crippen molar-refractivity contribution >= 4 is 5.91 Å². The number of ether oxygens (including phenoxy) is 1. The lowest BCUT2D eigenvalue weighted by atomic mass is 10.2. The molecule has 21 heavy (non-hydrogen) atoms. The van der Waals surface area contributed by atoms with Gasteiger partial charge in [0.1, 0.15) is 0 Å². The predicted molar refractivity (Wildman–Crippen MR) is 84.4 cm³/mol. The van der Waals surface area contributed by atoms with Crippen LogP contribution < -0.4 is 5.32 Å². The highest BCUT2D eigenvalue weighted by Gasteiger charge is 2.19. The van der Waals surface area contributed by atoms with Gasteiger partial charge in [-0.2, -0.15) is 0 Å². The summed E-state index contributed by atoms with van der Waals surface area (Å²) in [6, 6.07) is 0.659. The normalized spacial score (nSPS) is 23.0. The van der Waals surface area contributed by atoms with E-state index in [2.05, 4.69) is 17.1 Å². The molecule has 0 saturated carbocycles. The lowest BCUT2D eigenvalue weighted by Crippen LogP contribution is -2.41. The Balaban J connectivity index is 1.64. The summed E-state index contributed by atoms with van der Waals surface area (Å²) < 4.78 is 5.29. The van der Waals surface area contributed by atoms with Crippen molar-refractivity contribution < 1.29 is 9.53 Å². The predicted octanol–water partition coefficient (Wildman–Crippen LogP) is 1.09. The molecule has 1 amide bonds. The second-order valence-electron chi connectivity index (χ2n) is 6.19. The zero-order chi connectivity index (χ0) is 14.9. The van der Waals surface area contributed by atoms with E-state index in [-0.39, 0.29) is 0 Å². The number of morpholine rings is 1. The second-order valence-corrected chi connectivity index (χ2v) is 6.19. The van der Waals surface area contributed by atoms with Gasteiger partial charge in [-0.25, -0.2) is 0 Å². The summed E-state index contributed by atoms with van der Waals surface area (Å²) in [5.41, 5.74) is 0. The molecule has 0 aromatic carbocycles. The van der Waals surface area contributed by atoms with E-state index in [1.165, 1.54) is 25.8 Å². The molecule has 2 heterocycles. The molecular weight excluding hydrogens is 266 g/mol. The van der Waals surface area contributed by atoms with Crippen molar-refractivity contribution in [3.63, 3.8) is 0 Å². The molecule has 2 aliphatic rings. The third kappa shape index (κ3) is 5.93. The third-order valence-electron chi connectivity index (χ3n) is 4.41. The van der Waals surface area contributed by atoms with Crippen molar-refractivity contribution in [2.75, 3.05) is 52.5 Å². The number of carbonyl (C=O) groups excluding carboxylic acids is 1. The topological polar surface area (TPSA) is 44.8 Å². The molecular formula is C16H31N3O2. The highest BCUT2D eigenvalue weighted by Crippen LogP contribution is 2.09. The highest BCUT2D eigenvalue weighted by molar-refractivity contribution is 5.76. The number of amides is 1. The molecule has 0 spiro atoms. The summed E-state index contributed by atoms with van der Waals surface area (Å²) in [6.45, 7) is 9.65. The minimum absolute atomic E-state index is 0.300. The average molecular weight is 297 g/mol. The lowest BCUT2D eigenvalue weighted by molar-refractivity contribution is -0.135. The molecule has 0 aromatic heterocycles. The maximum absolute atomic E-state index is 12.1. The molecule has 122 valence electrons. The van der Waals surface area contributed by atoms with Crippen LogP contribution in [0.25, 0.3) is 0 Å². The molecule has 5 heteroatoms. The first-order valence-corrected chi connectivity index (χ1v) is 8.61. The van der Waals surface area contributed by atoms with E-state index in [0.29, 0.717) is 31.6 Å². The SMILES string of the molecule is CCCN(CCCC(=O)N1CCOCC1)CC1CCCN1. The van der Waals surface area contributed by atoms with Crippen LogP contribution in [-0.4, -0.2) is 74.2 Å². The van der Waals surface area contributed by atoms with Crippen LogP contribution in [0.4, 0.5) is 0 Å². The quantitative estimate of drug-likeness (QED) is 0.728. The number of hydrogen-bond acceptors (Lipinski definition) is 4. The molecule has 1 N–H and O–H groups in total. The van der Waals surface area contributed by atoms with E-state index in [9.17, 15) is 4.79 Å². The first-order chi connectivity index (χ1) is 10.3. The summed E-state index contributed by atoms with van der Waals surface area (Å²) in [5, 5.41) is 3.57. The zero-order valence-corrected chi connectivity index (χ0v) is 13.5. The van der Waals surface area contributed by atoms with E-state index >= 15 is 0 Å². The maximum Gasteiger partial charge on any atom is 0.222 e. The summed E-state index contributed by atoms with van der Waals surface area (Å²) in [5.74, 6) is 0.300. The van der Waals surface area contributed by atoms with Gasteiger partial charge in [0.25, 0.3) is 0 Å². The lowest BCUT2D eigenvalue weighted by Gasteiger charge is -2.28. The van der Waals surface area contributed by atoms with Gasteiger partial charge in [-0.15, -0.1) is 0 Å². The largest absolute Gasteiger partial charge is 0.378 e. The Bertz CT molecular complexity index is 300. The van der Waals surface area contributed by atoms with E-state index in [1.807, 2.05) is 4.90 Å². The molecule has 1 atom stereocenters. The van der Waals surface area contributed by atoms with Crippen LogP contribution in [0.5, 0.6) is 0 Å². The van der Waals surface area contributed by atoms with Gasteiger partial charge in [0.15, 0.2) is 0 Å². The average Bonchev–Trinajstić information content (AvgIpc) is 3.01. The van der Waals surface area contributed by atoms with Gasteiger partial charge >= 0.3 is 0 Å². The van der Waals surface area contributed by atoms with Crippen molar-refractivity contribution in [3.05, 3.63) is 0 Å². The smallest absolute Gasteiger partial charge is 0.222 e. The number of hydrogen-bond donors (Lipinski definition) is 1. The van der Waals surface area contributed by atoms with E-state index in [0.717, 1.165) is 39.1 Å². The van der Waals surface area contributed by atoms with Crippen LogP contribution in [0.1, 0.15) is 39.0 Å². The Morgan fingerprint density at radius 2 is 2.14 bits per heavy atom. The highest BCUT2D eigenvalue weighted by atomic mass is 16.5. The molecule has 5 nitrogen and oxygen atoms in total. The van der Waals surface area contributed by atoms with Gasteiger partial charge in [0.05, 0.1) is 13.2 Å². The second kappa shape index (κ2) is 9.38. The van der Waals surface area contributed by atoms with Crippen LogP contribution in [-0.2, 0) is 9.53 Å². The Kier molecular flexibility index (Phi) is 7.47. The van der Waals surface area contributed by atoms with Gasteiger partial charge in [-0.3, -0.25) is 4.79 Å². The fourth-order valence-electron chi connectivity index (χ4n) is 3.26. The van der Waals surface area contributed by atoms with Crippen LogP contribution in [0, 0.1) is 0 Å². The number of carbonyl (C=O) groups is 1. The summed E-state index contributed by atoms with van der Waals surface area (Å²) in [6.07, 6.45) is 5.44. The molecule has 1 unspecified atom stereocenters. The number of nitrogens with zero attached hydrogens (tertiary/aromatic N) is 2. The van der Waals surface area contributed by atoms with Crippen molar-refractivity contribution in [1.82, 2.24) is 15.1 Å². The van der Waals surface area contributed by atoms with Crippen molar-refractivity contribution in [3.8, 4) is 0 Å². The minimum Gasteiger partial charge on any atom is -0.378 e. The Morgan fingerprint density at radius 1 is 1.33 bits per heavy atom. The van der Waals surface area contributed by atoms with Crippen LogP contribution in [0.2, 0.25) is 0 Å². The van der Waals surface area contributed by atoms with E-state index in [4.69, 9.17) is 4.74 Å². The van der Waals surface area contributed by atoms with Gasteiger partial charge in [-0.1, -0.05) is 6.92 Å². The summed E-state index contributed by atoms with van der Waals surface area (Å²) in [4.78, 5) is 16.6. The number of rotatable bonds is 8. The summed E-state index contributed by atoms with van der Waals surface area (Å²) in [7, 11) is 0. The van der Waals surface area contributed by atoms with Crippen molar-refractivity contribution in [2.24, 2.45) is 0 Å². The first-order valence-electron chi connectivity index (χ1n) is 8.61. The zero-order valence-electron chi connectivity index (χ0n) is 13.5. The molecule has 0 aliphatic carbocycles. The number of nitrogens with one attached hydrogen (secondary N) is 1. The first kappa shape index (κ1) is 16.7. The molecule has 2 saturated heterocycles. The van der Waals surface area contributed by atoms with Crippen LogP contribution in [0.15, 0.2) is 0 Å². The summed E-state index contributed by atoms with van der Waals surface area (Å²) >= 11 is 0. The van der Waals surface area contributed by atoms with Gasteiger partial charge in [0, 0.05) is 32.1 Å². The van der Waals surface area contributed by atoms with E-state index < -0.39 is 0 Å². The molecule has 0 aromatic rings. The molecule has 0 radical (unpaired) electrons. The molecule has 0 bridgehead atoms. The standard InChI is InChI=1S/C16H31N3O2/c1-2-8-18(14-15-5-3-7-17-15)9-4-6-16(20)19-10-12-21-13-11-19/h15,17H,2-14H2,1H3. The van der Waals surface area contributed by atoms with Gasteiger partial charge in [-0.05, 0) is 45.3 Å². The fourth-order valence-corrected chi connectivity index (χ4v) is 3.26. The van der Waals surface area contributed by atoms with Crippen LogP contribution >= 0.6 is 0 Å². The van der Waals surface area contributed by atoms with Crippen molar-refractivity contribution in [1.29, 1.82) is 0 Å². The molecule has 2 aliphatic heterocycles. The Hall–Kier alpha value is -0.650. The fraction of sp³-hybridized carbons (Fsp3) is 0.938. The Labute approximate surface area is 129 Å². The van der Waals surface area contributed by atoms with Crippen molar-refractivity contribution in [2.45, 2.75) is 45.1 Å². The minimum atomic E-state index is 0.300. The third-order valence-corrected chi connectivity index (χ3v) is 4.41. The Morgan fingerprint density at radius 3 is 2.81 bits per heavy atom. The van der Waals surface area contributed by atoms with Gasteiger partial charge < -0.3 is 19.9 Å². The molecule has 2 rings (SSSR count). The van der Waals surface area contributed by atoms with Gasteiger partial charge in [0.2, 0.25) is 5.91 Å². The van der Waals surface area contributed by atoms with E-state index in [1.54, 1.807) is 0 Å². The maximum atomic E-state index is 12.1. The monoisotopic (exact) mass is 297 g/mol.